The van der Waals surface area contributed by atoms with Crippen LogP contribution in [-0.4, -0.2) is 30.2 Å². The van der Waals surface area contributed by atoms with E-state index in [4.69, 9.17) is 16.2 Å². The number of hydrogen-bond acceptors (Lipinski definition) is 7. The van der Waals surface area contributed by atoms with Crippen molar-refractivity contribution >= 4 is 23.6 Å². The highest BCUT2D eigenvalue weighted by Gasteiger charge is 2.43. The number of carbonyl (C=O) groups is 1. The van der Waals surface area contributed by atoms with Crippen molar-refractivity contribution in [3.63, 3.8) is 0 Å². The molecule has 1 aromatic carbocycles. The first-order valence-corrected chi connectivity index (χ1v) is 8.79. The van der Waals surface area contributed by atoms with Crippen molar-refractivity contribution in [1.82, 2.24) is 0 Å². The number of aliphatic imine (C=N–C) groups is 2. The van der Waals surface area contributed by atoms with Gasteiger partial charge in [-0.2, -0.15) is 4.99 Å². The molecule has 7 heteroatoms. The third kappa shape index (κ3) is 3.45. The van der Waals surface area contributed by atoms with Gasteiger partial charge >= 0.3 is 5.97 Å². The molecule has 3 rings (SSSR count). The van der Waals surface area contributed by atoms with Crippen LogP contribution in [0.15, 0.2) is 34.3 Å². The van der Waals surface area contributed by atoms with Crippen molar-refractivity contribution in [3.8, 4) is 0 Å². The van der Waals surface area contributed by atoms with Gasteiger partial charge in [0.15, 0.2) is 0 Å². The first-order valence-electron chi connectivity index (χ1n) is 8.79. The van der Waals surface area contributed by atoms with Crippen LogP contribution in [0.2, 0.25) is 0 Å². The molecule has 2 aliphatic rings. The Bertz CT molecular complexity index is 707. The second kappa shape index (κ2) is 7.13. The average Bonchev–Trinajstić information content (AvgIpc) is 2.56. The Balaban J connectivity index is 2.01. The van der Waals surface area contributed by atoms with E-state index in [0.29, 0.717) is 12.6 Å². The van der Waals surface area contributed by atoms with Crippen LogP contribution >= 0.6 is 0 Å². The summed E-state index contributed by atoms with van der Waals surface area (Å²) in [4.78, 5) is 22.8. The SMILES string of the molecule is CCOC(=O)Cc1ccccc1N1C(N)=NC(N)=NC12CCCCC2. The molecule has 1 aliphatic carbocycles. The summed E-state index contributed by atoms with van der Waals surface area (Å²) >= 11 is 0. The van der Waals surface area contributed by atoms with E-state index >= 15 is 0 Å². The highest BCUT2D eigenvalue weighted by atomic mass is 16.5. The molecule has 4 N–H and O–H groups in total. The van der Waals surface area contributed by atoms with Crippen molar-refractivity contribution < 1.29 is 9.53 Å². The fraction of sp³-hybridized carbons (Fsp3) is 0.500. The van der Waals surface area contributed by atoms with E-state index in [9.17, 15) is 4.79 Å². The molecule has 1 fully saturated rings. The van der Waals surface area contributed by atoms with Gasteiger partial charge in [-0.05, 0) is 44.2 Å². The molecule has 25 heavy (non-hydrogen) atoms. The number of nitrogens with two attached hydrogens (primary N) is 2. The molecule has 0 saturated heterocycles. The summed E-state index contributed by atoms with van der Waals surface area (Å²) in [6.07, 6.45) is 5.19. The van der Waals surface area contributed by atoms with E-state index in [1.807, 2.05) is 29.2 Å². The van der Waals surface area contributed by atoms with Gasteiger partial charge in [-0.3, -0.25) is 9.69 Å². The van der Waals surface area contributed by atoms with Gasteiger partial charge in [0.05, 0.1) is 18.7 Å². The molecule has 1 spiro atoms. The fourth-order valence-electron chi connectivity index (χ4n) is 3.72. The molecule has 134 valence electrons. The summed E-state index contributed by atoms with van der Waals surface area (Å²) in [6, 6.07) is 7.69. The highest BCUT2D eigenvalue weighted by Crippen LogP contribution is 2.40. The van der Waals surface area contributed by atoms with Gasteiger partial charge in [-0.15, -0.1) is 0 Å². The molecule has 1 aromatic rings. The average molecular weight is 343 g/mol. The quantitative estimate of drug-likeness (QED) is 0.812. The van der Waals surface area contributed by atoms with E-state index in [1.165, 1.54) is 6.42 Å². The molecule has 0 atom stereocenters. The molecule has 0 bridgehead atoms. The van der Waals surface area contributed by atoms with Crippen molar-refractivity contribution in [3.05, 3.63) is 29.8 Å². The monoisotopic (exact) mass is 343 g/mol. The summed E-state index contributed by atoms with van der Waals surface area (Å²) in [5.41, 5.74) is 13.3. The lowest BCUT2D eigenvalue weighted by molar-refractivity contribution is -0.142. The second-order valence-electron chi connectivity index (χ2n) is 6.43. The van der Waals surface area contributed by atoms with Gasteiger partial charge in [0, 0.05) is 0 Å². The molecule has 0 amide bonds. The fourth-order valence-corrected chi connectivity index (χ4v) is 3.72. The van der Waals surface area contributed by atoms with Gasteiger partial charge in [0.2, 0.25) is 11.9 Å². The standard InChI is InChI=1S/C18H25N5O2/c1-2-25-15(24)12-13-8-4-5-9-14(13)23-17(20)21-16(19)22-18(23)10-6-3-7-11-18/h4-5,8-9H,2-3,6-7,10-12H2,1H3,(H4,19,20,21,22). The molecular weight excluding hydrogens is 318 g/mol. The topological polar surface area (TPSA) is 106 Å². The first kappa shape index (κ1) is 17.3. The number of ether oxygens (including phenoxy) is 1. The number of benzene rings is 1. The zero-order chi connectivity index (χ0) is 17.9. The predicted octanol–water partition coefficient (Wildman–Crippen LogP) is 1.90. The van der Waals surface area contributed by atoms with Gasteiger partial charge in [-0.1, -0.05) is 24.6 Å². The molecule has 1 heterocycles. The number of nitrogens with zero attached hydrogens (tertiary/aromatic N) is 3. The number of rotatable bonds is 4. The van der Waals surface area contributed by atoms with E-state index < -0.39 is 5.66 Å². The summed E-state index contributed by atoms with van der Waals surface area (Å²) in [5.74, 6) is 0.285. The van der Waals surface area contributed by atoms with Gasteiger partial charge in [0.25, 0.3) is 0 Å². The molecule has 0 radical (unpaired) electrons. The molecule has 1 aliphatic heterocycles. The largest absolute Gasteiger partial charge is 0.466 e. The Morgan fingerprint density at radius 2 is 1.96 bits per heavy atom. The molecule has 1 saturated carbocycles. The van der Waals surface area contributed by atoms with E-state index in [2.05, 4.69) is 9.98 Å². The predicted molar refractivity (Wildman–Crippen MR) is 98.3 cm³/mol. The minimum atomic E-state index is -0.515. The summed E-state index contributed by atoms with van der Waals surface area (Å²) in [7, 11) is 0. The zero-order valence-electron chi connectivity index (χ0n) is 14.6. The third-order valence-electron chi connectivity index (χ3n) is 4.72. The Labute approximate surface area is 147 Å². The zero-order valence-corrected chi connectivity index (χ0v) is 14.6. The van der Waals surface area contributed by atoms with Gasteiger partial charge in [0.1, 0.15) is 5.66 Å². The number of anilines is 1. The lowest BCUT2D eigenvalue weighted by atomic mass is 9.87. The number of hydrogen-bond donors (Lipinski definition) is 2. The lowest BCUT2D eigenvalue weighted by Gasteiger charge is -2.46. The summed E-state index contributed by atoms with van der Waals surface area (Å²) < 4.78 is 5.10. The van der Waals surface area contributed by atoms with Crippen LogP contribution in [0.5, 0.6) is 0 Å². The van der Waals surface area contributed by atoms with Crippen LogP contribution in [0.3, 0.4) is 0 Å². The minimum Gasteiger partial charge on any atom is -0.466 e. The minimum absolute atomic E-state index is 0.184. The molecule has 0 aromatic heterocycles. The van der Waals surface area contributed by atoms with Crippen LogP contribution in [0, 0.1) is 0 Å². The van der Waals surface area contributed by atoms with Crippen LogP contribution in [0.25, 0.3) is 0 Å². The number of carbonyl (C=O) groups excluding carboxylic acids is 1. The van der Waals surface area contributed by atoms with Crippen molar-refractivity contribution in [2.75, 3.05) is 11.5 Å². The highest BCUT2D eigenvalue weighted by molar-refractivity contribution is 6.06. The Kier molecular flexibility index (Phi) is 4.92. The normalized spacial score (nSPS) is 19.3. The lowest BCUT2D eigenvalue weighted by Crippen LogP contribution is -2.58. The number of guanidine groups is 2. The van der Waals surface area contributed by atoms with Crippen LogP contribution in [0.4, 0.5) is 5.69 Å². The number of esters is 1. The Hall–Kier alpha value is -2.57. The smallest absolute Gasteiger partial charge is 0.310 e. The Morgan fingerprint density at radius 1 is 1.24 bits per heavy atom. The maximum atomic E-state index is 12.0. The second-order valence-corrected chi connectivity index (χ2v) is 6.43. The Morgan fingerprint density at radius 3 is 2.68 bits per heavy atom. The number of para-hydroxylation sites is 1. The maximum absolute atomic E-state index is 12.0. The van der Waals surface area contributed by atoms with Crippen molar-refractivity contribution in [2.45, 2.75) is 51.1 Å². The van der Waals surface area contributed by atoms with Crippen LogP contribution in [0.1, 0.15) is 44.6 Å². The van der Waals surface area contributed by atoms with Gasteiger partial charge in [-0.25, -0.2) is 4.99 Å². The molecule has 7 nitrogen and oxygen atoms in total. The summed E-state index contributed by atoms with van der Waals surface area (Å²) in [6.45, 7) is 2.16. The van der Waals surface area contributed by atoms with E-state index in [0.717, 1.165) is 36.9 Å². The maximum Gasteiger partial charge on any atom is 0.310 e. The van der Waals surface area contributed by atoms with Crippen molar-refractivity contribution in [2.24, 2.45) is 21.5 Å². The van der Waals surface area contributed by atoms with E-state index in [1.54, 1.807) is 6.92 Å². The van der Waals surface area contributed by atoms with Crippen LogP contribution < -0.4 is 16.4 Å². The van der Waals surface area contributed by atoms with Crippen LogP contribution in [-0.2, 0) is 16.0 Å². The molecule has 0 unspecified atom stereocenters. The van der Waals surface area contributed by atoms with Gasteiger partial charge < -0.3 is 16.2 Å². The molecular formula is C18H25N5O2. The third-order valence-corrected chi connectivity index (χ3v) is 4.72. The first-order chi connectivity index (χ1) is 12.1. The summed E-state index contributed by atoms with van der Waals surface area (Å²) in [5, 5.41) is 0. The van der Waals surface area contributed by atoms with E-state index in [-0.39, 0.29) is 18.3 Å². The van der Waals surface area contributed by atoms with Crippen molar-refractivity contribution in [1.29, 1.82) is 0 Å².